The number of hydrogen-bond donors (Lipinski definition) is 2. The Balaban J connectivity index is 2.82. The van der Waals surface area contributed by atoms with E-state index < -0.39 is 0 Å². The van der Waals surface area contributed by atoms with Gasteiger partial charge in [-0.2, -0.15) is 15.1 Å². The van der Waals surface area contributed by atoms with Crippen molar-refractivity contribution < 1.29 is 0 Å². The highest BCUT2D eigenvalue weighted by Gasteiger charge is 2.07. The predicted octanol–water partition coefficient (Wildman–Crippen LogP) is 0.0106. The Kier molecular flexibility index (Phi) is 1.54. The van der Waals surface area contributed by atoms with Crippen LogP contribution in [0.15, 0.2) is 6.20 Å². The Hall–Kier alpha value is -1.85. The summed E-state index contributed by atoms with van der Waals surface area (Å²) in [5.74, 6) is 0.558. The number of hydrogen-bond acceptors (Lipinski definition) is 5. The molecule has 2 heterocycles. The van der Waals surface area contributed by atoms with Gasteiger partial charge < -0.3 is 11.5 Å². The van der Waals surface area contributed by atoms with E-state index in [1.165, 1.54) is 0 Å². The molecule has 0 aliphatic heterocycles. The summed E-state index contributed by atoms with van der Waals surface area (Å²) in [4.78, 5) is 7.89. The first-order chi connectivity index (χ1) is 6.22. The van der Waals surface area contributed by atoms with Crippen LogP contribution in [0.25, 0.3) is 11.0 Å². The quantitative estimate of drug-likeness (QED) is 0.641. The van der Waals surface area contributed by atoms with Crippen LogP contribution in [-0.4, -0.2) is 19.7 Å². The van der Waals surface area contributed by atoms with E-state index >= 15 is 0 Å². The summed E-state index contributed by atoms with van der Waals surface area (Å²) in [7, 11) is 0. The van der Waals surface area contributed by atoms with E-state index in [2.05, 4.69) is 15.1 Å². The highest BCUT2D eigenvalue weighted by molar-refractivity contribution is 5.85. The van der Waals surface area contributed by atoms with Crippen LogP contribution in [0.4, 0.5) is 11.8 Å². The molecule has 2 rings (SSSR count). The smallest absolute Gasteiger partial charge is 0.224 e. The fourth-order valence-corrected chi connectivity index (χ4v) is 1.23. The van der Waals surface area contributed by atoms with Gasteiger partial charge in [0.25, 0.3) is 0 Å². The molecular weight excluding hydrogens is 168 g/mol. The Morgan fingerprint density at radius 2 is 2.15 bits per heavy atom. The van der Waals surface area contributed by atoms with Gasteiger partial charge in [0.15, 0.2) is 5.65 Å². The molecule has 4 N–H and O–H groups in total. The standard InChI is InChI=1S/C7H10N6/c1-2-13-6-4(3-10-13)5(8)11-7(9)12-6/h3H,2H2,1H3,(H4,8,9,11,12). The molecule has 0 saturated heterocycles. The average Bonchev–Trinajstić information content (AvgIpc) is 2.47. The largest absolute Gasteiger partial charge is 0.383 e. The lowest BCUT2D eigenvalue weighted by molar-refractivity contribution is 0.677. The van der Waals surface area contributed by atoms with Crippen LogP contribution in [0, 0.1) is 0 Å². The van der Waals surface area contributed by atoms with Crippen LogP contribution >= 0.6 is 0 Å². The minimum absolute atomic E-state index is 0.181. The topological polar surface area (TPSA) is 95.6 Å². The normalized spacial score (nSPS) is 10.8. The van der Waals surface area contributed by atoms with Crippen LogP contribution in [0.2, 0.25) is 0 Å². The molecule has 0 fully saturated rings. The Morgan fingerprint density at radius 1 is 1.38 bits per heavy atom. The molecule has 0 saturated carbocycles. The predicted molar refractivity (Wildman–Crippen MR) is 49.8 cm³/mol. The Morgan fingerprint density at radius 3 is 2.85 bits per heavy atom. The van der Waals surface area contributed by atoms with Gasteiger partial charge in [-0.25, -0.2) is 4.68 Å². The monoisotopic (exact) mass is 178 g/mol. The minimum Gasteiger partial charge on any atom is -0.383 e. The number of rotatable bonds is 1. The number of nitrogen functional groups attached to an aromatic ring is 2. The first-order valence-corrected chi connectivity index (χ1v) is 3.97. The second kappa shape index (κ2) is 2.58. The maximum atomic E-state index is 5.64. The molecule has 0 spiro atoms. The molecule has 0 amide bonds. The lowest BCUT2D eigenvalue weighted by Gasteiger charge is -1.99. The number of aryl methyl sites for hydroxylation is 1. The molecule has 6 heteroatoms. The third-order valence-corrected chi connectivity index (χ3v) is 1.84. The summed E-state index contributed by atoms with van der Waals surface area (Å²) in [6.07, 6.45) is 1.65. The first kappa shape index (κ1) is 7.78. The van der Waals surface area contributed by atoms with Crippen molar-refractivity contribution in [1.82, 2.24) is 19.7 Å². The van der Waals surface area contributed by atoms with Crippen molar-refractivity contribution in [3.05, 3.63) is 6.20 Å². The number of anilines is 2. The molecule has 0 aliphatic rings. The molecule has 0 unspecified atom stereocenters. The lowest BCUT2D eigenvalue weighted by atomic mass is 10.4. The molecule has 2 aromatic rings. The zero-order valence-corrected chi connectivity index (χ0v) is 7.23. The molecule has 13 heavy (non-hydrogen) atoms. The molecular formula is C7H10N6. The summed E-state index contributed by atoms with van der Waals surface area (Å²) in [6, 6.07) is 0. The van der Waals surface area contributed by atoms with E-state index in [4.69, 9.17) is 11.5 Å². The zero-order valence-electron chi connectivity index (χ0n) is 7.23. The highest BCUT2D eigenvalue weighted by atomic mass is 15.3. The van der Waals surface area contributed by atoms with E-state index in [1.54, 1.807) is 10.9 Å². The maximum Gasteiger partial charge on any atom is 0.224 e. The van der Waals surface area contributed by atoms with Crippen molar-refractivity contribution in [3.8, 4) is 0 Å². The number of nitrogens with two attached hydrogens (primary N) is 2. The fourth-order valence-electron chi connectivity index (χ4n) is 1.23. The van der Waals surface area contributed by atoms with E-state index in [1.807, 2.05) is 6.92 Å². The van der Waals surface area contributed by atoms with Gasteiger partial charge in [0.1, 0.15) is 5.82 Å². The van der Waals surface area contributed by atoms with Gasteiger partial charge in [-0.15, -0.1) is 0 Å². The summed E-state index contributed by atoms with van der Waals surface area (Å²) < 4.78 is 1.73. The van der Waals surface area contributed by atoms with E-state index in [-0.39, 0.29) is 5.95 Å². The summed E-state index contributed by atoms with van der Waals surface area (Å²) in [5.41, 5.74) is 11.8. The highest BCUT2D eigenvalue weighted by Crippen LogP contribution is 2.17. The molecule has 0 radical (unpaired) electrons. The van der Waals surface area contributed by atoms with E-state index in [0.29, 0.717) is 11.5 Å². The molecule has 0 bridgehead atoms. The SMILES string of the molecule is CCn1ncc2c(N)nc(N)nc21. The lowest BCUT2D eigenvalue weighted by Crippen LogP contribution is -2.03. The molecule has 68 valence electrons. The van der Waals surface area contributed by atoms with Gasteiger partial charge in [-0.05, 0) is 6.92 Å². The van der Waals surface area contributed by atoms with Crippen LogP contribution in [0.3, 0.4) is 0 Å². The van der Waals surface area contributed by atoms with Crippen molar-refractivity contribution in [1.29, 1.82) is 0 Å². The van der Waals surface area contributed by atoms with Gasteiger partial charge >= 0.3 is 0 Å². The second-order valence-corrected chi connectivity index (χ2v) is 2.66. The number of nitrogens with zero attached hydrogens (tertiary/aromatic N) is 4. The van der Waals surface area contributed by atoms with Crippen LogP contribution in [-0.2, 0) is 6.54 Å². The average molecular weight is 178 g/mol. The molecule has 2 aromatic heterocycles. The van der Waals surface area contributed by atoms with Gasteiger partial charge in [0, 0.05) is 6.54 Å². The Bertz CT molecular complexity index is 445. The van der Waals surface area contributed by atoms with Crippen molar-refractivity contribution in [3.63, 3.8) is 0 Å². The summed E-state index contributed by atoms with van der Waals surface area (Å²) in [6.45, 7) is 2.71. The molecule has 0 aliphatic carbocycles. The summed E-state index contributed by atoms with van der Waals surface area (Å²) >= 11 is 0. The van der Waals surface area contributed by atoms with Crippen molar-refractivity contribution >= 4 is 22.8 Å². The van der Waals surface area contributed by atoms with Crippen molar-refractivity contribution in [2.45, 2.75) is 13.5 Å². The van der Waals surface area contributed by atoms with Crippen LogP contribution in [0.5, 0.6) is 0 Å². The zero-order chi connectivity index (χ0) is 9.42. The molecule has 6 nitrogen and oxygen atoms in total. The third-order valence-electron chi connectivity index (χ3n) is 1.84. The first-order valence-electron chi connectivity index (χ1n) is 3.97. The maximum absolute atomic E-state index is 5.64. The third kappa shape index (κ3) is 1.07. The molecule has 0 aromatic carbocycles. The summed E-state index contributed by atoms with van der Waals surface area (Å²) in [5, 5.41) is 4.84. The molecule has 0 atom stereocenters. The van der Waals surface area contributed by atoms with E-state index in [9.17, 15) is 0 Å². The van der Waals surface area contributed by atoms with Crippen molar-refractivity contribution in [2.24, 2.45) is 0 Å². The van der Waals surface area contributed by atoms with Gasteiger partial charge in [0.2, 0.25) is 5.95 Å². The van der Waals surface area contributed by atoms with Gasteiger partial charge in [0.05, 0.1) is 11.6 Å². The number of aromatic nitrogens is 4. The van der Waals surface area contributed by atoms with Crippen LogP contribution in [0.1, 0.15) is 6.92 Å². The van der Waals surface area contributed by atoms with E-state index in [0.717, 1.165) is 11.9 Å². The number of fused-ring (bicyclic) bond motifs is 1. The fraction of sp³-hybridized carbons (Fsp3) is 0.286. The van der Waals surface area contributed by atoms with Gasteiger partial charge in [-0.1, -0.05) is 0 Å². The van der Waals surface area contributed by atoms with Crippen molar-refractivity contribution in [2.75, 3.05) is 11.5 Å². The Labute approximate surface area is 74.6 Å². The minimum atomic E-state index is 0.181. The van der Waals surface area contributed by atoms with Crippen LogP contribution < -0.4 is 11.5 Å². The van der Waals surface area contributed by atoms with Gasteiger partial charge in [-0.3, -0.25) is 0 Å². The second-order valence-electron chi connectivity index (χ2n) is 2.66.